The molecule has 10 rings (SSSR count). The zero-order valence-corrected chi connectivity index (χ0v) is 50.6. The summed E-state index contributed by atoms with van der Waals surface area (Å²) in [5.74, 6) is -5.65. The number of nitrogens with one attached hydrogen (secondary N) is 2. The number of carbonyl (C=O) groups excluding carboxylic acids is 2. The van der Waals surface area contributed by atoms with Crippen LogP contribution >= 0.6 is 0 Å². The number of rotatable bonds is 20. The molecular formula is C70H72N12O10. The highest BCUT2D eigenvalue weighted by molar-refractivity contribution is 5.98. The van der Waals surface area contributed by atoms with Gasteiger partial charge in [0.2, 0.25) is 11.9 Å². The Hall–Kier alpha value is -11.6. The number of fused-ring (bicyclic) bond motifs is 4. The minimum Gasteiger partial charge on any atom is -0.480 e. The second-order valence-corrected chi connectivity index (χ2v) is 21.8. The topological polar surface area (TPSA) is 415 Å². The number of carbonyl (C=O) groups is 6. The fourth-order valence-corrected chi connectivity index (χ4v) is 9.50. The van der Waals surface area contributed by atoms with Crippen LogP contribution in [0.5, 0.6) is 0 Å². The molecule has 0 saturated heterocycles. The van der Waals surface area contributed by atoms with Crippen molar-refractivity contribution >= 4 is 103 Å². The van der Waals surface area contributed by atoms with E-state index in [4.69, 9.17) is 44.6 Å². The minimum absolute atomic E-state index is 0.115. The summed E-state index contributed by atoms with van der Waals surface area (Å²) in [7, 11) is 0. The first-order valence-corrected chi connectivity index (χ1v) is 29.0. The number of carboxylic acids is 4. The Bertz CT molecular complexity index is 4090. The van der Waals surface area contributed by atoms with Gasteiger partial charge in [0.05, 0.1) is 11.0 Å². The number of aryl methyl sites for hydroxylation is 4. The van der Waals surface area contributed by atoms with Gasteiger partial charge >= 0.3 is 23.9 Å². The van der Waals surface area contributed by atoms with Gasteiger partial charge in [-0.15, -0.1) is 0 Å². The summed E-state index contributed by atoms with van der Waals surface area (Å²) in [5.41, 5.74) is 42.4. The number of nitrogen functional groups attached to an aromatic ring is 4. The van der Waals surface area contributed by atoms with Crippen LogP contribution in [0.3, 0.4) is 0 Å². The standard InChI is InChI=1S/2C23H23N5O5.2C12H13N/c2*1-12(21(30)31)10-18(22(32)33)26-20(29)15-7-4-13(5-8-15)2-3-14-6-9-17-16(11-14)19(24)28-23(25)27-17;2*1-9(13)11-7-6-10-4-2-3-5-12(10)8-11/h2*4-9,11,18H,1-3,10H2,(H,26,29)(H,30,31)(H,32,33)(H4,24,25,27,28);2*2-9H,13H2,1H3/t2*18-;2*9-/m0011/s1. The van der Waals surface area contributed by atoms with Gasteiger partial charge in [-0.2, -0.15) is 9.97 Å². The highest BCUT2D eigenvalue weighted by atomic mass is 16.4. The Morgan fingerprint density at radius 3 is 1.08 bits per heavy atom. The van der Waals surface area contributed by atoms with E-state index >= 15 is 0 Å². The lowest BCUT2D eigenvalue weighted by molar-refractivity contribution is -0.140. The predicted octanol–water partition coefficient (Wildman–Crippen LogP) is 9.31. The van der Waals surface area contributed by atoms with Gasteiger partial charge in [-0.25, -0.2) is 29.1 Å². The van der Waals surface area contributed by atoms with E-state index < -0.39 is 60.6 Å². The number of anilines is 4. The number of aromatic nitrogens is 4. The maximum atomic E-state index is 12.4. The molecule has 92 heavy (non-hydrogen) atoms. The highest BCUT2D eigenvalue weighted by Gasteiger charge is 2.25. The van der Waals surface area contributed by atoms with E-state index in [2.05, 4.69) is 104 Å². The highest BCUT2D eigenvalue weighted by Crippen LogP contribution is 2.25. The summed E-state index contributed by atoms with van der Waals surface area (Å²) < 4.78 is 0. The van der Waals surface area contributed by atoms with Crippen LogP contribution in [-0.2, 0) is 44.9 Å². The van der Waals surface area contributed by atoms with E-state index in [0.717, 1.165) is 33.0 Å². The van der Waals surface area contributed by atoms with E-state index in [-0.39, 0.29) is 46.3 Å². The summed E-state index contributed by atoms with van der Waals surface area (Å²) >= 11 is 0. The van der Waals surface area contributed by atoms with Crippen molar-refractivity contribution in [3.63, 3.8) is 0 Å². The van der Waals surface area contributed by atoms with Crippen molar-refractivity contribution in [2.75, 3.05) is 22.9 Å². The molecule has 0 aliphatic rings. The van der Waals surface area contributed by atoms with Gasteiger partial charge in [-0.3, -0.25) is 9.59 Å². The molecule has 472 valence electrons. The molecule has 8 aromatic carbocycles. The first-order chi connectivity index (χ1) is 43.8. The Balaban J connectivity index is 0.000000189. The molecule has 0 bridgehead atoms. The van der Waals surface area contributed by atoms with E-state index in [1.807, 2.05) is 74.5 Å². The fraction of sp³-hybridized carbons (Fsp3) is 0.171. The normalized spacial score (nSPS) is 12.0. The lowest BCUT2D eigenvalue weighted by Crippen LogP contribution is -2.41. The third kappa shape index (κ3) is 19.2. The SMILES string of the molecule is C=C(C[C@H](NC(=O)c1ccc(CCc2ccc3nc(N)nc(N)c3c2)cc1)C(=O)O)C(=O)O.C=C(C[C@H](NC(=O)c1ccc(CCc2ccc3nc(N)nc(N)c3c2)cc1)C(=O)O)C(=O)O.C[C@@H](N)c1ccc2ccccc2c1.C[C@@H](N)c1ccc2ccccc2c1. The third-order valence-corrected chi connectivity index (χ3v) is 14.8. The molecule has 18 N–H and O–H groups in total. The van der Waals surface area contributed by atoms with E-state index in [0.29, 0.717) is 48.4 Å². The molecule has 0 aliphatic heterocycles. The van der Waals surface area contributed by atoms with Crippen molar-refractivity contribution in [1.82, 2.24) is 30.6 Å². The predicted molar refractivity (Wildman–Crippen MR) is 358 cm³/mol. The van der Waals surface area contributed by atoms with Crippen LogP contribution in [0.2, 0.25) is 0 Å². The first-order valence-electron chi connectivity index (χ1n) is 29.0. The van der Waals surface area contributed by atoms with Crippen LogP contribution < -0.4 is 45.0 Å². The van der Waals surface area contributed by atoms with Crippen LogP contribution in [0, 0.1) is 0 Å². The Morgan fingerprint density at radius 2 is 0.750 bits per heavy atom. The van der Waals surface area contributed by atoms with Crippen molar-refractivity contribution in [2.24, 2.45) is 11.5 Å². The zero-order valence-electron chi connectivity index (χ0n) is 50.6. The molecule has 2 heterocycles. The molecular weight excluding hydrogens is 1170 g/mol. The molecule has 22 nitrogen and oxygen atoms in total. The lowest BCUT2D eigenvalue weighted by Gasteiger charge is -2.14. The molecule has 10 aromatic rings. The van der Waals surface area contributed by atoms with Gasteiger partial charge in [-0.05, 0) is 155 Å². The van der Waals surface area contributed by atoms with Gasteiger partial charge in [0.25, 0.3) is 11.8 Å². The number of amides is 2. The molecule has 4 atom stereocenters. The molecule has 0 fully saturated rings. The van der Waals surface area contributed by atoms with Crippen LogP contribution in [-0.4, -0.2) is 88.1 Å². The number of hydrogen-bond acceptors (Lipinski definition) is 16. The molecule has 0 unspecified atom stereocenters. The molecule has 0 radical (unpaired) electrons. The van der Waals surface area contributed by atoms with Crippen LogP contribution in [0.15, 0.2) is 194 Å². The zero-order chi connectivity index (χ0) is 66.8. The van der Waals surface area contributed by atoms with Gasteiger partial charge in [0.15, 0.2) is 0 Å². The second-order valence-electron chi connectivity index (χ2n) is 21.8. The summed E-state index contributed by atoms with van der Waals surface area (Å²) in [6.07, 6.45) is 2.01. The summed E-state index contributed by atoms with van der Waals surface area (Å²) in [5, 5.41) is 47.4. The molecule has 2 amide bonds. The van der Waals surface area contributed by atoms with E-state index in [1.54, 1.807) is 48.5 Å². The van der Waals surface area contributed by atoms with Crippen molar-refractivity contribution < 1.29 is 49.2 Å². The summed E-state index contributed by atoms with van der Waals surface area (Å²) in [6.45, 7) is 10.6. The first kappa shape index (κ1) is 67.9. The van der Waals surface area contributed by atoms with Crippen molar-refractivity contribution in [3.8, 4) is 0 Å². The monoisotopic (exact) mass is 1240 g/mol. The quantitative estimate of drug-likeness (QED) is 0.0316. The van der Waals surface area contributed by atoms with Gasteiger partial charge in [-0.1, -0.05) is 122 Å². The lowest BCUT2D eigenvalue weighted by atomic mass is 10.0. The smallest absolute Gasteiger partial charge is 0.331 e. The number of aliphatic carboxylic acids is 4. The van der Waals surface area contributed by atoms with Gasteiger partial charge < -0.3 is 65.5 Å². The van der Waals surface area contributed by atoms with Crippen molar-refractivity contribution in [2.45, 2.75) is 76.5 Å². The number of benzene rings is 8. The average Bonchev–Trinajstić information content (AvgIpc) is 0.966. The largest absolute Gasteiger partial charge is 0.480 e. The number of nitrogens with zero attached hydrogens (tertiary/aromatic N) is 4. The third-order valence-electron chi connectivity index (χ3n) is 14.8. The summed E-state index contributed by atoms with van der Waals surface area (Å²) in [6, 6.07) is 51.7. The molecule has 0 spiro atoms. The average molecular weight is 1240 g/mol. The molecule has 0 aliphatic carbocycles. The Labute approximate surface area is 529 Å². The Kier molecular flexibility index (Phi) is 23.3. The number of hydrogen-bond donors (Lipinski definition) is 12. The van der Waals surface area contributed by atoms with Crippen molar-refractivity contribution in [1.29, 1.82) is 0 Å². The van der Waals surface area contributed by atoms with E-state index in [1.165, 1.54) is 32.7 Å². The number of carboxylic acid groups (broad SMARTS) is 4. The second kappa shape index (κ2) is 31.5. The molecule has 0 saturated carbocycles. The Morgan fingerprint density at radius 1 is 0.424 bits per heavy atom. The van der Waals surface area contributed by atoms with Crippen LogP contribution in [0.25, 0.3) is 43.4 Å². The van der Waals surface area contributed by atoms with Crippen molar-refractivity contribution in [3.05, 3.63) is 239 Å². The van der Waals surface area contributed by atoms with Gasteiger partial charge in [0, 0.05) is 58.0 Å². The molecule has 2 aromatic heterocycles. The molecule has 22 heteroatoms. The maximum Gasteiger partial charge on any atom is 0.331 e. The minimum atomic E-state index is -1.39. The number of nitrogens with two attached hydrogens (primary N) is 6. The van der Waals surface area contributed by atoms with E-state index in [9.17, 15) is 39.0 Å². The summed E-state index contributed by atoms with van der Waals surface area (Å²) in [4.78, 5) is 85.5. The van der Waals surface area contributed by atoms with Gasteiger partial charge in [0.1, 0.15) is 23.7 Å². The van der Waals surface area contributed by atoms with Crippen LogP contribution in [0.1, 0.15) is 92.9 Å². The maximum absolute atomic E-state index is 12.4. The fourth-order valence-electron chi connectivity index (χ4n) is 9.50. The van der Waals surface area contributed by atoms with Crippen LogP contribution in [0.4, 0.5) is 23.5 Å².